The van der Waals surface area contributed by atoms with Gasteiger partial charge in [0.2, 0.25) is 0 Å². The Labute approximate surface area is 143 Å². The Kier molecular flexibility index (Phi) is 4.49. The Bertz CT molecular complexity index is 891. The van der Waals surface area contributed by atoms with Gasteiger partial charge in [-0.2, -0.15) is 5.10 Å². The van der Waals surface area contributed by atoms with Gasteiger partial charge in [0.05, 0.1) is 23.3 Å². The topological polar surface area (TPSA) is 64.0 Å². The summed E-state index contributed by atoms with van der Waals surface area (Å²) in [5.74, 6) is 0. The summed E-state index contributed by atoms with van der Waals surface area (Å²) in [7, 11) is -3.59. The van der Waals surface area contributed by atoms with E-state index in [0.29, 0.717) is 12.2 Å². The minimum absolute atomic E-state index is 0.223. The van der Waals surface area contributed by atoms with Crippen LogP contribution in [0.15, 0.2) is 76.4 Å². The maximum Gasteiger partial charge on any atom is 0.261 e. The van der Waals surface area contributed by atoms with Gasteiger partial charge in [0.15, 0.2) is 0 Å². The second-order valence-corrected chi connectivity index (χ2v) is 7.57. The Hall–Kier alpha value is -2.12. The van der Waals surface area contributed by atoms with Crippen molar-refractivity contribution in [2.24, 2.45) is 0 Å². The molecule has 0 fully saturated rings. The van der Waals surface area contributed by atoms with Crippen molar-refractivity contribution in [2.75, 3.05) is 4.72 Å². The van der Waals surface area contributed by atoms with E-state index in [1.165, 1.54) is 6.20 Å². The standard InChI is InChI=1S/C16H14BrN3O2S/c17-14-8-6-13(7-9-14)11-20-12-15(10-18-20)19-23(21,22)16-4-2-1-3-5-16/h1-10,12,19H,11H2. The molecule has 3 aromatic rings. The second-order valence-electron chi connectivity index (χ2n) is 4.97. The zero-order valence-electron chi connectivity index (χ0n) is 12.1. The zero-order valence-corrected chi connectivity index (χ0v) is 14.5. The van der Waals surface area contributed by atoms with E-state index in [2.05, 4.69) is 25.8 Å². The van der Waals surface area contributed by atoms with Gasteiger partial charge in [-0.05, 0) is 29.8 Å². The summed E-state index contributed by atoms with van der Waals surface area (Å²) < 4.78 is 29.7. The highest BCUT2D eigenvalue weighted by Gasteiger charge is 2.14. The van der Waals surface area contributed by atoms with Crippen molar-refractivity contribution in [3.63, 3.8) is 0 Å². The summed E-state index contributed by atoms with van der Waals surface area (Å²) in [5.41, 5.74) is 1.51. The van der Waals surface area contributed by atoms with Crippen LogP contribution in [-0.4, -0.2) is 18.2 Å². The molecule has 2 aromatic carbocycles. The predicted molar refractivity (Wildman–Crippen MR) is 92.7 cm³/mol. The second kappa shape index (κ2) is 6.55. The lowest BCUT2D eigenvalue weighted by atomic mass is 10.2. The van der Waals surface area contributed by atoms with E-state index in [1.807, 2.05) is 24.3 Å². The van der Waals surface area contributed by atoms with Crippen LogP contribution in [0, 0.1) is 0 Å². The van der Waals surface area contributed by atoms with E-state index in [0.717, 1.165) is 10.0 Å². The first kappa shape index (κ1) is 15.8. The van der Waals surface area contributed by atoms with E-state index in [4.69, 9.17) is 0 Å². The molecular formula is C16H14BrN3O2S. The van der Waals surface area contributed by atoms with Crippen molar-refractivity contribution >= 4 is 31.6 Å². The van der Waals surface area contributed by atoms with E-state index < -0.39 is 10.0 Å². The van der Waals surface area contributed by atoms with Crippen LogP contribution in [0.1, 0.15) is 5.56 Å². The van der Waals surface area contributed by atoms with Crippen molar-refractivity contribution < 1.29 is 8.42 Å². The molecule has 118 valence electrons. The number of hydrogen-bond donors (Lipinski definition) is 1. The first-order valence-corrected chi connectivity index (χ1v) is 9.15. The minimum atomic E-state index is -3.59. The summed E-state index contributed by atoms with van der Waals surface area (Å²) in [5, 5.41) is 4.19. The first-order valence-electron chi connectivity index (χ1n) is 6.88. The molecule has 0 unspecified atom stereocenters. The Morgan fingerprint density at radius 2 is 1.74 bits per heavy atom. The van der Waals surface area contributed by atoms with Crippen molar-refractivity contribution in [3.8, 4) is 0 Å². The van der Waals surface area contributed by atoms with Gasteiger partial charge in [0.25, 0.3) is 10.0 Å². The number of halogens is 1. The number of rotatable bonds is 5. The molecule has 1 heterocycles. The molecule has 0 radical (unpaired) electrons. The van der Waals surface area contributed by atoms with E-state index in [1.54, 1.807) is 41.2 Å². The molecule has 0 spiro atoms. The van der Waals surface area contributed by atoms with Gasteiger partial charge in [-0.15, -0.1) is 0 Å². The molecular weight excluding hydrogens is 378 g/mol. The predicted octanol–water partition coefficient (Wildman–Crippen LogP) is 3.49. The number of nitrogens with one attached hydrogen (secondary N) is 1. The van der Waals surface area contributed by atoms with Gasteiger partial charge in [-0.1, -0.05) is 46.3 Å². The largest absolute Gasteiger partial charge is 0.276 e. The molecule has 0 saturated carbocycles. The van der Waals surface area contributed by atoms with Gasteiger partial charge in [-0.25, -0.2) is 8.42 Å². The fourth-order valence-corrected chi connectivity index (χ4v) is 3.41. The normalized spacial score (nSPS) is 11.3. The summed E-state index contributed by atoms with van der Waals surface area (Å²) in [6, 6.07) is 16.1. The third kappa shape index (κ3) is 4.00. The SMILES string of the molecule is O=S(=O)(Nc1cnn(Cc2ccc(Br)cc2)c1)c1ccccc1. The van der Waals surface area contributed by atoms with Crippen LogP contribution < -0.4 is 4.72 Å². The van der Waals surface area contributed by atoms with Crippen LogP contribution in [0.4, 0.5) is 5.69 Å². The highest BCUT2D eigenvalue weighted by Crippen LogP contribution is 2.16. The molecule has 3 rings (SSSR count). The zero-order chi connectivity index (χ0) is 16.3. The molecule has 0 aliphatic heterocycles. The number of anilines is 1. The fourth-order valence-electron chi connectivity index (χ4n) is 2.09. The van der Waals surface area contributed by atoms with Crippen LogP contribution in [0.3, 0.4) is 0 Å². The number of sulfonamides is 1. The molecule has 1 N–H and O–H groups in total. The molecule has 7 heteroatoms. The molecule has 0 atom stereocenters. The van der Waals surface area contributed by atoms with E-state index >= 15 is 0 Å². The maximum atomic E-state index is 12.3. The van der Waals surface area contributed by atoms with Gasteiger partial charge in [0, 0.05) is 10.7 Å². The average Bonchev–Trinajstić information content (AvgIpc) is 2.97. The molecule has 0 amide bonds. The highest BCUT2D eigenvalue weighted by molar-refractivity contribution is 9.10. The molecule has 23 heavy (non-hydrogen) atoms. The lowest BCUT2D eigenvalue weighted by molar-refractivity contribution is 0.601. The van der Waals surface area contributed by atoms with Crippen molar-refractivity contribution in [1.29, 1.82) is 0 Å². The Balaban J connectivity index is 1.73. The quantitative estimate of drug-likeness (QED) is 0.723. The van der Waals surface area contributed by atoms with Crippen LogP contribution in [0.5, 0.6) is 0 Å². The van der Waals surface area contributed by atoms with Crippen molar-refractivity contribution in [3.05, 3.63) is 77.0 Å². The molecule has 0 saturated heterocycles. The van der Waals surface area contributed by atoms with Crippen LogP contribution in [0.25, 0.3) is 0 Å². The van der Waals surface area contributed by atoms with Gasteiger partial charge < -0.3 is 0 Å². The first-order chi connectivity index (χ1) is 11.0. The van der Waals surface area contributed by atoms with E-state index in [9.17, 15) is 8.42 Å². The summed E-state index contributed by atoms with van der Waals surface area (Å²) in [4.78, 5) is 0.223. The van der Waals surface area contributed by atoms with Gasteiger partial charge >= 0.3 is 0 Å². The maximum absolute atomic E-state index is 12.3. The summed E-state index contributed by atoms with van der Waals surface area (Å²) in [6.45, 7) is 0.570. The Morgan fingerprint density at radius 1 is 1.04 bits per heavy atom. The molecule has 0 aliphatic rings. The molecule has 0 aliphatic carbocycles. The minimum Gasteiger partial charge on any atom is -0.276 e. The smallest absolute Gasteiger partial charge is 0.261 e. The molecule has 0 bridgehead atoms. The lowest BCUT2D eigenvalue weighted by Gasteiger charge is -2.05. The van der Waals surface area contributed by atoms with E-state index in [-0.39, 0.29) is 4.90 Å². The summed E-state index contributed by atoms with van der Waals surface area (Å²) in [6.07, 6.45) is 3.17. The third-order valence-corrected chi connectivity index (χ3v) is 5.12. The number of benzene rings is 2. The van der Waals surface area contributed by atoms with Crippen molar-refractivity contribution in [2.45, 2.75) is 11.4 Å². The number of aromatic nitrogens is 2. The van der Waals surface area contributed by atoms with Crippen LogP contribution >= 0.6 is 15.9 Å². The highest BCUT2D eigenvalue weighted by atomic mass is 79.9. The third-order valence-electron chi connectivity index (χ3n) is 3.20. The molecule has 1 aromatic heterocycles. The monoisotopic (exact) mass is 391 g/mol. The van der Waals surface area contributed by atoms with Crippen LogP contribution in [0.2, 0.25) is 0 Å². The number of hydrogen-bond acceptors (Lipinski definition) is 3. The van der Waals surface area contributed by atoms with Gasteiger partial charge in [-0.3, -0.25) is 9.40 Å². The fraction of sp³-hybridized carbons (Fsp3) is 0.0625. The van der Waals surface area contributed by atoms with Crippen molar-refractivity contribution in [1.82, 2.24) is 9.78 Å². The molecule has 5 nitrogen and oxygen atoms in total. The van der Waals surface area contributed by atoms with Gasteiger partial charge in [0.1, 0.15) is 0 Å². The average molecular weight is 392 g/mol. The number of nitrogens with zero attached hydrogens (tertiary/aromatic N) is 2. The van der Waals surface area contributed by atoms with Crippen LogP contribution in [-0.2, 0) is 16.6 Å². The lowest BCUT2D eigenvalue weighted by Crippen LogP contribution is -2.12. The Morgan fingerprint density at radius 3 is 2.43 bits per heavy atom. The summed E-state index contributed by atoms with van der Waals surface area (Å²) >= 11 is 3.39.